The van der Waals surface area contributed by atoms with Crippen LogP contribution in [0, 0.1) is 11.3 Å². The lowest BCUT2D eigenvalue weighted by Gasteiger charge is -2.25. The fourth-order valence-electron chi connectivity index (χ4n) is 1.09. The van der Waals surface area contributed by atoms with E-state index in [1.54, 1.807) is 0 Å². The quantitative estimate of drug-likeness (QED) is 0.566. The lowest BCUT2D eigenvalue weighted by atomic mass is 9.84. The molecule has 1 aliphatic carbocycles. The predicted molar refractivity (Wildman–Crippen MR) is 44.7 cm³/mol. The first-order chi connectivity index (χ1) is 5.06. The lowest BCUT2D eigenvalue weighted by molar-refractivity contribution is 0.564. The smallest absolute Gasteiger partial charge is 0.0966 e. The largest absolute Gasteiger partial charge is 0.321 e. The van der Waals surface area contributed by atoms with Crippen LogP contribution in [0.2, 0.25) is 0 Å². The molecular formula is C9H12N2. The third kappa shape index (κ3) is 1.50. The number of hydrogen-bond acceptors (Lipinski definition) is 2. The van der Waals surface area contributed by atoms with Gasteiger partial charge in [0.05, 0.1) is 11.6 Å². The molecule has 0 aromatic carbocycles. The molecule has 2 nitrogen and oxygen atoms in total. The Bertz CT molecular complexity index is 264. The molecule has 0 aromatic rings. The zero-order valence-electron chi connectivity index (χ0n) is 6.89. The molecular weight excluding hydrogens is 136 g/mol. The van der Waals surface area contributed by atoms with Crippen LogP contribution in [0.1, 0.15) is 20.3 Å². The topological polar surface area (TPSA) is 49.8 Å². The molecule has 1 unspecified atom stereocenters. The van der Waals surface area contributed by atoms with Crippen LogP contribution in [0.3, 0.4) is 0 Å². The van der Waals surface area contributed by atoms with Crippen LogP contribution in [0.25, 0.3) is 0 Å². The van der Waals surface area contributed by atoms with Gasteiger partial charge in [-0.25, -0.2) is 0 Å². The molecule has 2 heteroatoms. The second-order valence-electron chi connectivity index (χ2n) is 3.24. The van der Waals surface area contributed by atoms with Gasteiger partial charge in [0, 0.05) is 5.57 Å². The van der Waals surface area contributed by atoms with Gasteiger partial charge >= 0.3 is 0 Å². The summed E-state index contributed by atoms with van der Waals surface area (Å²) in [5.41, 5.74) is 7.22. The normalized spacial score (nSPS) is 30.4. The van der Waals surface area contributed by atoms with Gasteiger partial charge < -0.3 is 5.73 Å². The van der Waals surface area contributed by atoms with E-state index in [4.69, 9.17) is 11.0 Å². The molecule has 1 aliphatic rings. The third-order valence-corrected chi connectivity index (χ3v) is 1.96. The fraction of sp³-hybridized carbons (Fsp3) is 0.444. The van der Waals surface area contributed by atoms with Gasteiger partial charge in [0.15, 0.2) is 0 Å². The van der Waals surface area contributed by atoms with Crippen molar-refractivity contribution >= 4 is 0 Å². The number of rotatable bonds is 0. The minimum absolute atomic E-state index is 0.450. The van der Waals surface area contributed by atoms with Crippen molar-refractivity contribution in [2.45, 2.75) is 25.8 Å². The molecule has 0 heterocycles. The van der Waals surface area contributed by atoms with Crippen molar-refractivity contribution in [3.05, 3.63) is 23.3 Å². The number of hydrogen-bond donors (Lipinski definition) is 1. The molecule has 11 heavy (non-hydrogen) atoms. The summed E-state index contributed by atoms with van der Waals surface area (Å²) in [5.74, 6) is 0. The van der Waals surface area contributed by atoms with Gasteiger partial charge in [0.2, 0.25) is 0 Å². The summed E-state index contributed by atoms with van der Waals surface area (Å²) in [4.78, 5) is 0. The summed E-state index contributed by atoms with van der Waals surface area (Å²) in [6.45, 7) is 3.86. The molecule has 0 saturated heterocycles. The molecule has 0 fully saturated rings. The second kappa shape index (κ2) is 2.52. The van der Waals surface area contributed by atoms with Crippen molar-refractivity contribution in [2.75, 3.05) is 0 Å². The van der Waals surface area contributed by atoms with Crippen molar-refractivity contribution in [3.63, 3.8) is 0 Å². The summed E-state index contributed by atoms with van der Waals surface area (Å²) < 4.78 is 0. The Kier molecular flexibility index (Phi) is 1.84. The lowest BCUT2D eigenvalue weighted by Crippen LogP contribution is -2.38. The number of nitriles is 1. The van der Waals surface area contributed by atoms with E-state index in [0.717, 1.165) is 12.0 Å². The summed E-state index contributed by atoms with van der Waals surface area (Å²) in [7, 11) is 0. The Balaban J connectivity index is 3.01. The maximum Gasteiger partial charge on any atom is 0.0966 e. The standard InChI is InChI=1S/C9H12N2/c1-7-3-4-9(2,11)8(5-7)6-10/h3,5H,4,11H2,1-2H3. The average Bonchev–Trinajstić information content (AvgIpc) is 1.94. The molecule has 0 bridgehead atoms. The predicted octanol–water partition coefficient (Wildman–Crippen LogP) is 1.50. The van der Waals surface area contributed by atoms with Gasteiger partial charge in [-0.1, -0.05) is 11.6 Å². The molecule has 2 N–H and O–H groups in total. The maximum atomic E-state index is 8.72. The van der Waals surface area contributed by atoms with E-state index in [2.05, 4.69) is 12.1 Å². The van der Waals surface area contributed by atoms with E-state index in [1.165, 1.54) is 0 Å². The molecule has 0 aromatic heterocycles. The maximum absolute atomic E-state index is 8.72. The first-order valence-corrected chi connectivity index (χ1v) is 3.64. The third-order valence-electron chi connectivity index (χ3n) is 1.96. The summed E-state index contributed by atoms with van der Waals surface area (Å²) in [6, 6.07) is 2.12. The van der Waals surface area contributed by atoms with Gasteiger partial charge in [0.25, 0.3) is 0 Å². The van der Waals surface area contributed by atoms with Crippen molar-refractivity contribution in [1.29, 1.82) is 5.26 Å². The van der Waals surface area contributed by atoms with Gasteiger partial charge in [-0.05, 0) is 26.3 Å². The molecule has 0 saturated carbocycles. The monoisotopic (exact) mass is 148 g/mol. The van der Waals surface area contributed by atoms with Crippen LogP contribution >= 0.6 is 0 Å². The van der Waals surface area contributed by atoms with Gasteiger partial charge in [-0.15, -0.1) is 0 Å². The fourth-order valence-corrected chi connectivity index (χ4v) is 1.09. The van der Waals surface area contributed by atoms with Crippen LogP contribution in [0.15, 0.2) is 23.3 Å². The highest BCUT2D eigenvalue weighted by atomic mass is 14.7. The SMILES string of the molecule is CC1=CCC(C)(N)C(C#N)=C1. The Morgan fingerprint density at radius 1 is 1.73 bits per heavy atom. The molecule has 0 radical (unpaired) electrons. The zero-order valence-corrected chi connectivity index (χ0v) is 6.89. The van der Waals surface area contributed by atoms with Gasteiger partial charge in [0.1, 0.15) is 0 Å². The summed E-state index contributed by atoms with van der Waals surface area (Å²) >= 11 is 0. The molecule has 1 atom stereocenters. The van der Waals surface area contributed by atoms with Crippen LogP contribution in [0.5, 0.6) is 0 Å². The van der Waals surface area contributed by atoms with Crippen molar-refractivity contribution in [2.24, 2.45) is 5.73 Å². The number of allylic oxidation sites excluding steroid dienone is 2. The Morgan fingerprint density at radius 3 is 2.82 bits per heavy atom. The van der Waals surface area contributed by atoms with E-state index >= 15 is 0 Å². The Hall–Kier alpha value is -1.07. The molecule has 1 rings (SSSR count). The minimum Gasteiger partial charge on any atom is -0.321 e. The minimum atomic E-state index is -0.450. The van der Waals surface area contributed by atoms with Crippen LogP contribution in [-0.2, 0) is 0 Å². The molecule has 0 aliphatic heterocycles. The first-order valence-electron chi connectivity index (χ1n) is 3.64. The number of nitrogens with two attached hydrogens (primary N) is 1. The van der Waals surface area contributed by atoms with E-state index in [-0.39, 0.29) is 0 Å². The highest BCUT2D eigenvalue weighted by molar-refractivity contribution is 5.42. The van der Waals surface area contributed by atoms with Gasteiger partial charge in [-0.3, -0.25) is 0 Å². The van der Waals surface area contributed by atoms with E-state index < -0.39 is 5.54 Å². The highest BCUT2D eigenvalue weighted by Gasteiger charge is 2.25. The van der Waals surface area contributed by atoms with Crippen LogP contribution in [0.4, 0.5) is 0 Å². The Morgan fingerprint density at radius 2 is 2.36 bits per heavy atom. The van der Waals surface area contributed by atoms with Crippen molar-refractivity contribution < 1.29 is 0 Å². The second-order valence-corrected chi connectivity index (χ2v) is 3.24. The summed E-state index contributed by atoms with van der Waals surface area (Å²) in [6.07, 6.45) is 4.67. The average molecular weight is 148 g/mol. The zero-order chi connectivity index (χ0) is 8.48. The molecule has 0 spiro atoms. The highest BCUT2D eigenvalue weighted by Crippen LogP contribution is 2.24. The van der Waals surface area contributed by atoms with Crippen LogP contribution < -0.4 is 5.73 Å². The van der Waals surface area contributed by atoms with E-state index in [0.29, 0.717) is 5.57 Å². The van der Waals surface area contributed by atoms with Crippen molar-refractivity contribution in [3.8, 4) is 6.07 Å². The molecule has 0 amide bonds. The van der Waals surface area contributed by atoms with E-state index in [1.807, 2.05) is 19.9 Å². The number of nitrogens with zero attached hydrogens (tertiary/aromatic N) is 1. The first kappa shape index (κ1) is 8.03. The van der Waals surface area contributed by atoms with Crippen molar-refractivity contribution in [1.82, 2.24) is 0 Å². The van der Waals surface area contributed by atoms with Crippen LogP contribution in [-0.4, -0.2) is 5.54 Å². The van der Waals surface area contributed by atoms with E-state index in [9.17, 15) is 0 Å². The van der Waals surface area contributed by atoms with Gasteiger partial charge in [-0.2, -0.15) is 5.26 Å². The summed E-state index contributed by atoms with van der Waals surface area (Å²) in [5, 5.41) is 8.72. The molecule has 58 valence electrons. The Labute approximate surface area is 67.0 Å².